The Labute approximate surface area is 148 Å². The molecule has 8 nitrogen and oxygen atoms in total. The molecule has 0 aromatic rings. The van der Waals surface area contributed by atoms with Crippen LogP contribution in [0.4, 0.5) is 0 Å². The zero-order valence-corrected chi connectivity index (χ0v) is 14.6. The molecule has 0 aromatic heterocycles. The van der Waals surface area contributed by atoms with Crippen molar-refractivity contribution in [3.8, 4) is 0 Å². The van der Waals surface area contributed by atoms with Crippen LogP contribution in [0.1, 0.15) is 38.5 Å². The standard InChI is InChI=1S/C17H33NO7/c19-7-12(8-20)18-13-6-17(24,10-21)16(23)15(14(13)22)25-9-11-4-2-1-3-5-11/h11-16,18-24H,1-10H2/t13-,14-,15+,16-,17-/m0/s1. The molecule has 2 saturated carbocycles. The van der Waals surface area contributed by atoms with Crippen molar-refractivity contribution in [2.24, 2.45) is 5.92 Å². The highest BCUT2D eigenvalue weighted by Crippen LogP contribution is 2.33. The van der Waals surface area contributed by atoms with Crippen molar-refractivity contribution in [1.82, 2.24) is 5.32 Å². The Morgan fingerprint density at radius 1 is 1.04 bits per heavy atom. The largest absolute Gasteiger partial charge is 0.395 e. The molecule has 0 aliphatic heterocycles. The van der Waals surface area contributed by atoms with Gasteiger partial charge in [-0.25, -0.2) is 0 Å². The molecule has 8 heteroatoms. The van der Waals surface area contributed by atoms with Crippen molar-refractivity contribution in [1.29, 1.82) is 0 Å². The van der Waals surface area contributed by atoms with Gasteiger partial charge in [-0.2, -0.15) is 0 Å². The molecule has 0 heterocycles. The molecule has 2 aliphatic rings. The number of aliphatic hydroxyl groups excluding tert-OH is 5. The number of rotatable bonds is 8. The van der Waals surface area contributed by atoms with Crippen LogP contribution in [0, 0.1) is 5.92 Å². The fraction of sp³-hybridized carbons (Fsp3) is 1.00. The lowest BCUT2D eigenvalue weighted by Crippen LogP contribution is -2.68. The summed E-state index contributed by atoms with van der Waals surface area (Å²) in [5.41, 5.74) is -1.82. The van der Waals surface area contributed by atoms with E-state index in [0.29, 0.717) is 12.5 Å². The van der Waals surface area contributed by atoms with Crippen LogP contribution in [0.25, 0.3) is 0 Å². The highest BCUT2D eigenvalue weighted by Gasteiger charge is 2.52. The first-order chi connectivity index (χ1) is 11.9. The fourth-order valence-electron chi connectivity index (χ4n) is 3.92. The maximum absolute atomic E-state index is 10.6. The number of hydrogen-bond acceptors (Lipinski definition) is 8. The SMILES string of the molecule is OCC(CO)N[C@H]1C[C@](O)(CO)[C@@H](O)[C@H](OCC2CCCCC2)[C@H]1O. The lowest BCUT2D eigenvalue weighted by atomic mass is 9.76. The third-order valence-corrected chi connectivity index (χ3v) is 5.60. The van der Waals surface area contributed by atoms with Gasteiger partial charge in [0.2, 0.25) is 0 Å². The van der Waals surface area contributed by atoms with Gasteiger partial charge in [-0.1, -0.05) is 19.3 Å². The molecule has 0 unspecified atom stereocenters. The average Bonchev–Trinajstić information content (AvgIpc) is 2.64. The van der Waals surface area contributed by atoms with Crippen molar-refractivity contribution in [3.63, 3.8) is 0 Å². The van der Waals surface area contributed by atoms with Crippen molar-refractivity contribution in [3.05, 3.63) is 0 Å². The van der Waals surface area contributed by atoms with E-state index in [1.54, 1.807) is 0 Å². The van der Waals surface area contributed by atoms with E-state index in [4.69, 9.17) is 4.74 Å². The van der Waals surface area contributed by atoms with Gasteiger partial charge in [-0.3, -0.25) is 0 Å². The van der Waals surface area contributed by atoms with Gasteiger partial charge in [0, 0.05) is 6.04 Å². The quantitative estimate of drug-likeness (QED) is 0.265. The van der Waals surface area contributed by atoms with Gasteiger partial charge in [-0.05, 0) is 25.2 Å². The highest BCUT2D eigenvalue weighted by molar-refractivity contribution is 5.06. The minimum absolute atomic E-state index is 0.119. The van der Waals surface area contributed by atoms with Gasteiger partial charge in [-0.15, -0.1) is 0 Å². The van der Waals surface area contributed by atoms with E-state index in [-0.39, 0.29) is 19.6 Å². The van der Waals surface area contributed by atoms with Crippen LogP contribution in [-0.2, 0) is 4.74 Å². The second kappa shape index (κ2) is 9.57. The monoisotopic (exact) mass is 363 g/mol. The lowest BCUT2D eigenvalue weighted by Gasteiger charge is -2.48. The van der Waals surface area contributed by atoms with E-state index in [1.165, 1.54) is 6.42 Å². The molecule has 2 rings (SSSR count). The maximum atomic E-state index is 10.6. The summed E-state index contributed by atoms with van der Waals surface area (Å²) in [7, 11) is 0. The van der Waals surface area contributed by atoms with Crippen LogP contribution in [0.5, 0.6) is 0 Å². The molecule has 0 radical (unpaired) electrons. The molecule has 2 aliphatic carbocycles. The molecule has 25 heavy (non-hydrogen) atoms. The van der Waals surface area contributed by atoms with Crippen LogP contribution < -0.4 is 5.32 Å². The summed E-state index contributed by atoms with van der Waals surface area (Å²) >= 11 is 0. The molecule has 7 N–H and O–H groups in total. The van der Waals surface area contributed by atoms with Gasteiger partial charge < -0.3 is 40.7 Å². The van der Waals surface area contributed by atoms with E-state index in [2.05, 4.69) is 5.32 Å². The lowest BCUT2D eigenvalue weighted by molar-refractivity contribution is -0.224. The number of ether oxygens (including phenoxy) is 1. The van der Waals surface area contributed by atoms with E-state index < -0.39 is 42.6 Å². The molecular formula is C17H33NO7. The summed E-state index contributed by atoms with van der Waals surface area (Å²) < 4.78 is 5.79. The summed E-state index contributed by atoms with van der Waals surface area (Å²) in [5.74, 6) is 0.367. The molecule has 5 atom stereocenters. The van der Waals surface area contributed by atoms with Crippen LogP contribution in [0.3, 0.4) is 0 Å². The Bertz CT molecular complexity index is 389. The predicted molar refractivity (Wildman–Crippen MR) is 89.9 cm³/mol. The van der Waals surface area contributed by atoms with Crippen LogP contribution >= 0.6 is 0 Å². The topological polar surface area (TPSA) is 143 Å². The minimum atomic E-state index is -1.82. The summed E-state index contributed by atoms with van der Waals surface area (Å²) in [6, 6.07) is -1.40. The predicted octanol–water partition coefficient (Wildman–Crippen LogP) is -1.89. The zero-order chi connectivity index (χ0) is 18.4. The number of aliphatic hydroxyl groups is 6. The van der Waals surface area contributed by atoms with E-state index in [1.807, 2.05) is 0 Å². The van der Waals surface area contributed by atoms with E-state index in [0.717, 1.165) is 25.7 Å². The molecule has 0 spiro atoms. The first kappa shape index (κ1) is 21.0. The zero-order valence-electron chi connectivity index (χ0n) is 14.6. The van der Waals surface area contributed by atoms with Crippen LogP contribution in [0.15, 0.2) is 0 Å². The Kier molecular flexibility index (Phi) is 8.03. The van der Waals surface area contributed by atoms with E-state index >= 15 is 0 Å². The van der Waals surface area contributed by atoms with Crippen molar-refractivity contribution in [2.45, 2.75) is 74.5 Å². The third-order valence-electron chi connectivity index (χ3n) is 5.60. The van der Waals surface area contributed by atoms with Crippen LogP contribution in [-0.4, -0.2) is 93.1 Å². The van der Waals surface area contributed by atoms with Gasteiger partial charge in [0.25, 0.3) is 0 Å². The summed E-state index contributed by atoms with van der Waals surface area (Å²) in [5, 5.41) is 62.4. The van der Waals surface area contributed by atoms with Crippen molar-refractivity contribution >= 4 is 0 Å². The van der Waals surface area contributed by atoms with Crippen LogP contribution in [0.2, 0.25) is 0 Å². The molecular weight excluding hydrogens is 330 g/mol. The maximum Gasteiger partial charge on any atom is 0.118 e. The Balaban J connectivity index is 2.05. The Morgan fingerprint density at radius 2 is 1.68 bits per heavy atom. The summed E-state index contributed by atoms with van der Waals surface area (Å²) in [6.07, 6.45) is 1.86. The van der Waals surface area contributed by atoms with Crippen molar-refractivity contribution in [2.75, 3.05) is 26.4 Å². The molecule has 148 valence electrons. The highest BCUT2D eigenvalue weighted by atomic mass is 16.5. The smallest absolute Gasteiger partial charge is 0.118 e. The summed E-state index contributed by atoms with van der Waals surface area (Å²) in [6.45, 7) is -0.970. The van der Waals surface area contributed by atoms with E-state index in [9.17, 15) is 30.6 Å². The fourth-order valence-corrected chi connectivity index (χ4v) is 3.92. The number of nitrogens with one attached hydrogen (secondary N) is 1. The molecule has 2 fully saturated rings. The third kappa shape index (κ3) is 5.11. The van der Waals surface area contributed by atoms with Gasteiger partial charge >= 0.3 is 0 Å². The van der Waals surface area contributed by atoms with Gasteiger partial charge in [0.15, 0.2) is 0 Å². The molecule has 0 saturated heterocycles. The normalized spacial score (nSPS) is 37.6. The summed E-state index contributed by atoms with van der Waals surface area (Å²) in [4.78, 5) is 0. The van der Waals surface area contributed by atoms with Crippen molar-refractivity contribution < 1.29 is 35.4 Å². The molecule has 0 aromatic carbocycles. The second-order valence-corrected chi connectivity index (χ2v) is 7.54. The second-order valence-electron chi connectivity index (χ2n) is 7.54. The Morgan fingerprint density at radius 3 is 2.24 bits per heavy atom. The number of hydrogen-bond donors (Lipinski definition) is 7. The molecule has 0 amide bonds. The average molecular weight is 363 g/mol. The van der Waals surface area contributed by atoms with Gasteiger partial charge in [0.05, 0.1) is 38.6 Å². The first-order valence-corrected chi connectivity index (χ1v) is 9.24. The first-order valence-electron chi connectivity index (χ1n) is 9.24. The van der Waals surface area contributed by atoms with Gasteiger partial charge in [0.1, 0.15) is 17.8 Å². The minimum Gasteiger partial charge on any atom is -0.395 e. The Hall–Kier alpha value is -0.320. The molecule has 0 bridgehead atoms.